The summed E-state index contributed by atoms with van der Waals surface area (Å²) >= 11 is 7.11. The van der Waals surface area contributed by atoms with Crippen molar-refractivity contribution in [2.75, 3.05) is 6.26 Å². The molecule has 1 aromatic carbocycles. The van der Waals surface area contributed by atoms with Gasteiger partial charge in [0.15, 0.2) is 0 Å². The molecule has 12 heavy (non-hydrogen) atoms. The summed E-state index contributed by atoms with van der Waals surface area (Å²) in [6.07, 6.45) is 2.11. The zero-order valence-corrected chi connectivity index (χ0v) is 9.72. The molecule has 0 unspecified atom stereocenters. The fraction of sp³-hybridized carbons (Fsp3) is 0.111. The van der Waals surface area contributed by atoms with E-state index in [0.29, 0.717) is 0 Å². The Hall–Kier alpha value is 0.01000. The summed E-state index contributed by atoms with van der Waals surface area (Å²) in [5.41, 5.74) is 0. The molecule has 3 heteroatoms. The molecule has 0 amide bonds. The zero-order chi connectivity index (χ0) is 8.55. The second kappa shape index (κ2) is 3.40. The van der Waals surface area contributed by atoms with Crippen molar-refractivity contribution in [2.45, 2.75) is 4.21 Å². The van der Waals surface area contributed by atoms with Gasteiger partial charge in [-0.3, -0.25) is 0 Å². The molecular formula is C9H7BrS2. The van der Waals surface area contributed by atoms with Crippen LogP contribution in [0.2, 0.25) is 0 Å². The van der Waals surface area contributed by atoms with Crippen molar-refractivity contribution in [1.82, 2.24) is 0 Å². The van der Waals surface area contributed by atoms with Crippen LogP contribution in [0.1, 0.15) is 0 Å². The van der Waals surface area contributed by atoms with E-state index in [2.05, 4.69) is 46.5 Å². The van der Waals surface area contributed by atoms with E-state index in [0.717, 1.165) is 4.47 Å². The third kappa shape index (κ3) is 1.53. The third-order valence-corrected chi connectivity index (χ3v) is 4.32. The minimum absolute atomic E-state index is 1.16. The Labute approximate surface area is 88.1 Å². The predicted molar refractivity (Wildman–Crippen MR) is 61.3 cm³/mol. The lowest BCUT2D eigenvalue weighted by atomic mass is 10.3. The Bertz CT molecular complexity index is 406. The zero-order valence-electron chi connectivity index (χ0n) is 6.50. The molecule has 0 saturated heterocycles. The Morgan fingerprint density at radius 3 is 2.92 bits per heavy atom. The average Bonchev–Trinajstić information content (AvgIpc) is 2.46. The fourth-order valence-corrected chi connectivity index (χ4v) is 3.27. The molecule has 1 heterocycles. The highest BCUT2D eigenvalue weighted by Gasteiger charge is 1.99. The van der Waals surface area contributed by atoms with E-state index in [9.17, 15) is 0 Å². The summed E-state index contributed by atoms with van der Waals surface area (Å²) in [6, 6.07) is 8.63. The highest BCUT2D eigenvalue weighted by atomic mass is 79.9. The van der Waals surface area contributed by atoms with Crippen molar-refractivity contribution in [2.24, 2.45) is 0 Å². The van der Waals surface area contributed by atoms with Gasteiger partial charge in [0, 0.05) is 9.17 Å². The number of thiophene rings is 1. The average molecular weight is 259 g/mol. The molecule has 0 saturated carbocycles. The van der Waals surface area contributed by atoms with Crippen LogP contribution in [0.5, 0.6) is 0 Å². The Morgan fingerprint density at radius 2 is 2.17 bits per heavy atom. The molecule has 0 aliphatic rings. The summed E-state index contributed by atoms with van der Waals surface area (Å²) in [5.74, 6) is 0. The molecular weight excluding hydrogens is 252 g/mol. The van der Waals surface area contributed by atoms with Crippen LogP contribution in [-0.4, -0.2) is 6.26 Å². The van der Waals surface area contributed by atoms with Crippen LogP contribution < -0.4 is 0 Å². The van der Waals surface area contributed by atoms with E-state index in [1.807, 2.05) is 11.3 Å². The second-order valence-corrected chi connectivity index (χ2v) is 5.56. The van der Waals surface area contributed by atoms with E-state index >= 15 is 0 Å². The van der Waals surface area contributed by atoms with Crippen LogP contribution in [0, 0.1) is 0 Å². The van der Waals surface area contributed by atoms with Gasteiger partial charge in [0.1, 0.15) is 0 Å². The Morgan fingerprint density at radius 1 is 1.33 bits per heavy atom. The lowest BCUT2D eigenvalue weighted by Crippen LogP contribution is -1.61. The van der Waals surface area contributed by atoms with Gasteiger partial charge in [0.25, 0.3) is 0 Å². The monoisotopic (exact) mass is 258 g/mol. The van der Waals surface area contributed by atoms with Gasteiger partial charge < -0.3 is 0 Å². The minimum Gasteiger partial charge on any atom is -0.129 e. The molecule has 0 N–H and O–H groups in total. The molecule has 2 rings (SSSR count). The summed E-state index contributed by atoms with van der Waals surface area (Å²) in [4.78, 5) is 0. The molecule has 1 aromatic heterocycles. The van der Waals surface area contributed by atoms with Gasteiger partial charge in [-0.15, -0.1) is 23.1 Å². The summed E-state index contributed by atoms with van der Waals surface area (Å²) in [7, 11) is 0. The van der Waals surface area contributed by atoms with Crippen molar-refractivity contribution in [3.8, 4) is 0 Å². The lowest BCUT2D eigenvalue weighted by Gasteiger charge is -1.88. The first-order valence-corrected chi connectivity index (χ1v) is 6.36. The predicted octanol–water partition coefficient (Wildman–Crippen LogP) is 4.39. The van der Waals surface area contributed by atoms with Crippen LogP contribution in [0.3, 0.4) is 0 Å². The number of hydrogen-bond acceptors (Lipinski definition) is 2. The normalized spacial score (nSPS) is 10.8. The third-order valence-electron chi connectivity index (χ3n) is 1.66. The molecule has 0 aliphatic heterocycles. The maximum Gasteiger partial charge on any atom is 0.0608 e. The molecule has 0 fully saturated rings. The summed E-state index contributed by atoms with van der Waals surface area (Å²) < 4.78 is 3.89. The first-order chi connectivity index (χ1) is 5.79. The van der Waals surface area contributed by atoms with E-state index in [-0.39, 0.29) is 0 Å². The summed E-state index contributed by atoms with van der Waals surface area (Å²) in [6.45, 7) is 0. The van der Waals surface area contributed by atoms with E-state index in [1.165, 1.54) is 14.3 Å². The van der Waals surface area contributed by atoms with Gasteiger partial charge in [-0.05, 0) is 29.8 Å². The quantitative estimate of drug-likeness (QED) is 0.684. The smallest absolute Gasteiger partial charge is 0.0608 e. The largest absolute Gasteiger partial charge is 0.129 e. The van der Waals surface area contributed by atoms with E-state index in [1.54, 1.807) is 11.8 Å². The maximum atomic E-state index is 3.46. The molecule has 62 valence electrons. The summed E-state index contributed by atoms with van der Waals surface area (Å²) in [5, 5.41) is 1.34. The number of hydrogen-bond donors (Lipinski definition) is 0. The SMILES string of the molecule is CSc1cc2ccc(Br)cc2s1. The topological polar surface area (TPSA) is 0 Å². The van der Waals surface area contributed by atoms with Crippen LogP contribution in [0.15, 0.2) is 32.9 Å². The molecule has 0 nitrogen and oxygen atoms in total. The van der Waals surface area contributed by atoms with Crippen LogP contribution in [-0.2, 0) is 0 Å². The van der Waals surface area contributed by atoms with Gasteiger partial charge >= 0.3 is 0 Å². The van der Waals surface area contributed by atoms with Crippen molar-refractivity contribution < 1.29 is 0 Å². The van der Waals surface area contributed by atoms with Gasteiger partial charge in [0.05, 0.1) is 4.21 Å². The lowest BCUT2D eigenvalue weighted by molar-refractivity contribution is 1.74. The van der Waals surface area contributed by atoms with Crippen molar-refractivity contribution >= 4 is 49.1 Å². The highest BCUT2D eigenvalue weighted by Crippen LogP contribution is 2.32. The maximum absolute atomic E-state index is 3.46. The van der Waals surface area contributed by atoms with Crippen molar-refractivity contribution in [3.63, 3.8) is 0 Å². The van der Waals surface area contributed by atoms with Gasteiger partial charge in [0.2, 0.25) is 0 Å². The fourth-order valence-electron chi connectivity index (χ4n) is 1.08. The van der Waals surface area contributed by atoms with Crippen molar-refractivity contribution in [1.29, 1.82) is 0 Å². The molecule has 0 spiro atoms. The number of benzene rings is 1. The molecule has 0 bridgehead atoms. The number of halogens is 1. The molecule has 2 aromatic rings. The number of fused-ring (bicyclic) bond motifs is 1. The standard InChI is InChI=1S/C9H7BrS2/c1-11-9-4-6-2-3-7(10)5-8(6)12-9/h2-5H,1H3. The van der Waals surface area contributed by atoms with Crippen LogP contribution in [0.25, 0.3) is 10.1 Å². The Balaban J connectivity index is 2.67. The van der Waals surface area contributed by atoms with Gasteiger partial charge in [-0.2, -0.15) is 0 Å². The molecule has 0 radical (unpaired) electrons. The van der Waals surface area contributed by atoms with Crippen LogP contribution >= 0.6 is 39.0 Å². The first kappa shape index (κ1) is 8.60. The molecule has 0 aliphatic carbocycles. The van der Waals surface area contributed by atoms with E-state index in [4.69, 9.17) is 0 Å². The minimum atomic E-state index is 1.16. The van der Waals surface area contributed by atoms with Crippen LogP contribution in [0.4, 0.5) is 0 Å². The van der Waals surface area contributed by atoms with Gasteiger partial charge in [-0.1, -0.05) is 22.0 Å². The number of rotatable bonds is 1. The van der Waals surface area contributed by atoms with Gasteiger partial charge in [-0.25, -0.2) is 0 Å². The number of thioether (sulfide) groups is 1. The van der Waals surface area contributed by atoms with Crippen molar-refractivity contribution in [3.05, 3.63) is 28.7 Å². The molecule has 0 atom stereocenters. The first-order valence-electron chi connectivity index (χ1n) is 3.52. The second-order valence-electron chi connectivity index (χ2n) is 2.45. The highest BCUT2D eigenvalue weighted by molar-refractivity contribution is 9.10. The van der Waals surface area contributed by atoms with E-state index < -0.39 is 0 Å². The Kier molecular flexibility index (Phi) is 2.44.